The normalized spacial score (nSPS) is 11.8. The van der Waals surface area contributed by atoms with Crippen molar-refractivity contribution in [2.24, 2.45) is 0 Å². The summed E-state index contributed by atoms with van der Waals surface area (Å²) in [5.74, 6) is 0. The summed E-state index contributed by atoms with van der Waals surface area (Å²) in [6.45, 7) is 19.0. The average Bonchev–Trinajstić information content (AvgIpc) is 4.00. The van der Waals surface area contributed by atoms with Crippen molar-refractivity contribution in [1.82, 2.24) is 9.13 Å². The molecule has 6 heteroatoms. The number of fused-ring (bicyclic) bond motifs is 6. The number of hydrogen-bond donors (Lipinski definition) is 0. The number of rotatable bonds is 8. The van der Waals surface area contributed by atoms with Crippen LogP contribution in [0.1, 0.15) is 33.4 Å². The summed E-state index contributed by atoms with van der Waals surface area (Å²) in [6, 6.07) is 76.3. The van der Waals surface area contributed by atoms with Gasteiger partial charge < -0.3 is 9.13 Å². The van der Waals surface area contributed by atoms with Gasteiger partial charge in [0.25, 0.3) is 0 Å². The molecule has 79 heavy (non-hydrogen) atoms. The summed E-state index contributed by atoms with van der Waals surface area (Å²) in [5, 5.41) is 4.09. The van der Waals surface area contributed by atoms with Gasteiger partial charge in [-0.05, 0) is 174 Å². The lowest BCUT2D eigenvalue weighted by molar-refractivity contribution is -0.137. The monoisotopic (exact) mass is 1030 g/mol. The van der Waals surface area contributed by atoms with Gasteiger partial charge in [-0.1, -0.05) is 174 Å². The van der Waals surface area contributed by atoms with Gasteiger partial charge >= 0.3 is 6.18 Å². The smallest absolute Gasteiger partial charge is 0.310 e. The first-order valence-electron chi connectivity index (χ1n) is 26.6. The van der Waals surface area contributed by atoms with Crippen LogP contribution in [0.25, 0.3) is 127 Å². The van der Waals surface area contributed by atoms with Crippen LogP contribution in [0, 0.1) is 41.2 Å². The molecule has 380 valence electrons. The van der Waals surface area contributed by atoms with Crippen LogP contribution in [0.2, 0.25) is 0 Å². The standard InChI is InChI=1S/C73H52F3N3/c1-44-13-21-49(22-14-44)53-29-34-65-58(39-53)59-40-54(50-23-15-45(2)16-24-50)30-35-66(59)78(65)69-38-33-57(71-48(5)9-7-10-63(71)73(74,75)76)43-62(69)72-64(77-6)11-8-12-70(72)79-67-36-31-55(51-25-17-46(3)18-26-51)41-60(67)61-42-56(32-37-68(61)79)52-27-19-47(4)20-28-52/h7-43H,1-5H3. The van der Waals surface area contributed by atoms with Gasteiger partial charge in [0.1, 0.15) is 0 Å². The Kier molecular flexibility index (Phi) is 11.8. The minimum absolute atomic E-state index is 0.0986. The lowest BCUT2D eigenvalue weighted by Gasteiger charge is -2.22. The first-order valence-corrected chi connectivity index (χ1v) is 26.6. The second kappa shape index (κ2) is 19.1. The molecule has 0 bridgehead atoms. The molecule has 2 heterocycles. The van der Waals surface area contributed by atoms with Crippen molar-refractivity contribution in [3.05, 3.63) is 269 Å². The Hall–Kier alpha value is -9.70. The van der Waals surface area contributed by atoms with Crippen molar-refractivity contribution in [2.75, 3.05) is 0 Å². The van der Waals surface area contributed by atoms with Crippen molar-refractivity contribution < 1.29 is 13.2 Å². The molecule has 0 amide bonds. The fraction of sp³-hybridized carbons (Fsp3) is 0.0822. The highest BCUT2D eigenvalue weighted by atomic mass is 19.4. The van der Waals surface area contributed by atoms with E-state index in [1.807, 2.05) is 36.4 Å². The summed E-state index contributed by atoms with van der Waals surface area (Å²) in [7, 11) is 0. The van der Waals surface area contributed by atoms with Crippen molar-refractivity contribution in [3.63, 3.8) is 0 Å². The summed E-state index contributed by atoms with van der Waals surface area (Å²) < 4.78 is 50.3. The number of nitrogens with zero attached hydrogens (tertiary/aromatic N) is 3. The van der Waals surface area contributed by atoms with Crippen LogP contribution in [0.15, 0.2) is 224 Å². The van der Waals surface area contributed by atoms with Crippen LogP contribution >= 0.6 is 0 Å². The van der Waals surface area contributed by atoms with E-state index in [1.54, 1.807) is 13.0 Å². The minimum atomic E-state index is -4.63. The van der Waals surface area contributed by atoms with Gasteiger partial charge in [-0.25, -0.2) is 4.85 Å². The van der Waals surface area contributed by atoms with Gasteiger partial charge in [0, 0.05) is 32.8 Å². The molecule has 0 aliphatic rings. The largest absolute Gasteiger partial charge is 0.417 e. The maximum absolute atomic E-state index is 15.3. The summed E-state index contributed by atoms with van der Waals surface area (Å²) in [4.78, 5) is 4.27. The molecule has 0 aliphatic carbocycles. The van der Waals surface area contributed by atoms with Gasteiger partial charge in [-0.2, -0.15) is 13.2 Å². The molecular weight excluding hydrogens is 976 g/mol. The summed E-state index contributed by atoms with van der Waals surface area (Å²) in [6.07, 6.45) is -4.63. The molecule has 0 radical (unpaired) electrons. The topological polar surface area (TPSA) is 14.2 Å². The second-order valence-electron chi connectivity index (χ2n) is 21.1. The minimum Gasteiger partial charge on any atom is -0.310 e. The van der Waals surface area contributed by atoms with Crippen LogP contribution in [-0.2, 0) is 6.18 Å². The van der Waals surface area contributed by atoms with Gasteiger partial charge in [0.15, 0.2) is 5.69 Å². The van der Waals surface area contributed by atoms with Crippen molar-refractivity contribution >= 4 is 49.3 Å². The lowest BCUT2D eigenvalue weighted by atomic mass is 9.90. The highest BCUT2D eigenvalue weighted by Gasteiger charge is 2.35. The molecule has 0 saturated heterocycles. The number of hydrogen-bond acceptors (Lipinski definition) is 0. The Morgan fingerprint density at radius 2 is 0.696 bits per heavy atom. The second-order valence-corrected chi connectivity index (χ2v) is 21.1. The molecule has 0 atom stereocenters. The third-order valence-electron chi connectivity index (χ3n) is 15.8. The quantitative estimate of drug-likeness (QED) is 0.135. The van der Waals surface area contributed by atoms with Crippen LogP contribution < -0.4 is 0 Å². The third-order valence-corrected chi connectivity index (χ3v) is 15.8. The van der Waals surface area contributed by atoms with E-state index in [4.69, 9.17) is 6.57 Å². The molecule has 0 N–H and O–H groups in total. The first kappa shape index (κ1) is 48.9. The molecule has 11 aromatic carbocycles. The predicted octanol–water partition coefficient (Wildman–Crippen LogP) is 21.0. The summed E-state index contributed by atoms with van der Waals surface area (Å²) in [5.41, 5.74) is 20.3. The van der Waals surface area contributed by atoms with Gasteiger partial charge in [-0.3, -0.25) is 0 Å². The average molecular weight is 1030 g/mol. The van der Waals surface area contributed by atoms with Gasteiger partial charge in [0.05, 0.1) is 39.9 Å². The molecule has 3 nitrogen and oxygen atoms in total. The maximum atomic E-state index is 15.3. The van der Waals surface area contributed by atoms with Crippen molar-refractivity contribution in [1.29, 1.82) is 0 Å². The first-order chi connectivity index (χ1) is 38.3. The lowest BCUT2D eigenvalue weighted by Crippen LogP contribution is -2.08. The molecule has 2 aromatic heterocycles. The van der Waals surface area contributed by atoms with Crippen molar-refractivity contribution in [3.8, 4) is 78.1 Å². The van der Waals surface area contributed by atoms with E-state index in [2.05, 4.69) is 212 Å². The van der Waals surface area contributed by atoms with Crippen LogP contribution in [0.3, 0.4) is 0 Å². The zero-order valence-electron chi connectivity index (χ0n) is 44.3. The van der Waals surface area contributed by atoms with Crippen LogP contribution in [0.5, 0.6) is 0 Å². The molecule has 0 aliphatic heterocycles. The molecule has 0 saturated carbocycles. The molecule has 0 unspecified atom stereocenters. The number of halogens is 3. The number of aromatic nitrogens is 2. The number of aryl methyl sites for hydroxylation is 5. The van der Waals surface area contributed by atoms with Crippen LogP contribution in [0.4, 0.5) is 18.9 Å². The number of benzene rings is 11. The number of alkyl halides is 3. The van der Waals surface area contributed by atoms with E-state index in [1.165, 1.54) is 28.3 Å². The Bertz CT molecular complexity index is 4400. The maximum Gasteiger partial charge on any atom is 0.417 e. The van der Waals surface area contributed by atoms with E-state index < -0.39 is 11.7 Å². The third kappa shape index (κ3) is 8.56. The fourth-order valence-electron chi connectivity index (χ4n) is 11.7. The van der Waals surface area contributed by atoms with E-state index in [0.717, 1.165) is 106 Å². The molecular formula is C73H52F3N3. The zero-order chi connectivity index (χ0) is 54.3. The van der Waals surface area contributed by atoms with Gasteiger partial charge in [0.2, 0.25) is 0 Å². The van der Waals surface area contributed by atoms with E-state index in [-0.39, 0.29) is 5.56 Å². The Morgan fingerprint density at radius 3 is 1.08 bits per heavy atom. The Labute approximate surface area is 457 Å². The Morgan fingerprint density at radius 1 is 0.342 bits per heavy atom. The highest BCUT2D eigenvalue weighted by molar-refractivity contribution is 6.14. The van der Waals surface area contributed by atoms with Gasteiger partial charge in [-0.15, -0.1) is 0 Å². The predicted molar refractivity (Wildman–Crippen MR) is 323 cm³/mol. The molecule has 0 spiro atoms. The summed E-state index contributed by atoms with van der Waals surface area (Å²) >= 11 is 0. The zero-order valence-corrected chi connectivity index (χ0v) is 44.3. The highest BCUT2D eigenvalue weighted by Crippen LogP contribution is 2.49. The molecule has 13 aromatic rings. The fourth-order valence-corrected chi connectivity index (χ4v) is 11.7. The van der Waals surface area contributed by atoms with Crippen molar-refractivity contribution in [2.45, 2.75) is 40.8 Å². The SMILES string of the molecule is [C-]#[N+]c1cccc(-n2c3ccc(-c4ccc(C)cc4)cc3c3cc(-c4ccc(C)cc4)ccc32)c1-c1cc(-c2c(C)cccc2C(F)(F)F)ccc1-n1c2ccc(-c3ccc(C)cc3)cc2c2cc(-c3ccc(C)cc3)ccc21. The molecule has 13 rings (SSSR count). The van der Waals surface area contributed by atoms with Crippen LogP contribution in [-0.4, -0.2) is 9.13 Å². The van der Waals surface area contributed by atoms with E-state index >= 15 is 13.2 Å². The Balaban J connectivity index is 1.13. The van der Waals surface area contributed by atoms with E-state index in [9.17, 15) is 0 Å². The molecule has 0 fully saturated rings. The van der Waals surface area contributed by atoms with E-state index in [0.29, 0.717) is 27.9 Å².